The van der Waals surface area contributed by atoms with Crippen molar-refractivity contribution in [2.75, 3.05) is 0 Å². The minimum Gasteiger partial charge on any atom is -0.490 e. The SMILES string of the molecule is C1=C[C@@H]2[C@@H](C1)[C@@H]1C[C@@H]2[C@@H](Oc2ccccc2)C1. The summed E-state index contributed by atoms with van der Waals surface area (Å²) in [6.45, 7) is 0. The van der Waals surface area contributed by atoms with Crippen molar-refractivity contribution in [3.8, 4) is 5.75 Å². The van der Waals surface area contributed by atoms with Crippen LogP contribution in [0.5, 0.6) is 5.75 Å². The lowest BCUT2D eigenvalue weighted by atomic mass is 9.80. The molecule has 2 saturated carbocycles. The molecule has 4 rings (SSSR count). The third-order valence-electron chi connectivity index (χ3n) is 4.98. The Morgan fingerprint density at radius 1 is 1.00 bits per heavy atom. The molecule has 0 amide bonds. The van der Waals surface area contributed by atoms with Gasteiger partial charge in [-0.2, -0.15) is 0 Å². The Balaban J connectivity index is 1.53. The zero-order chi connectivity index (χ0) is 11.2. The van der Waals surface area contributed by atoms with Crippen molar-refractivity contribution in [1.29, 1.82) is 0 Å². The van der Waals surface area contributed by atoms with Gasteiger partial charge in [0.15, 0.2) is 0 Å². The summed E-state index contributed by atoms with van der Waals surface area (Å²) in [4.78, 5) is 0. The van der Waals surface area contributed by atoms with Crippen molar-refractivity contribution < 1.29 is 4.74 Å². The lowest BCUT2D eigenvalue weighted by Gasteiger charge is -2.31. The monoisotopic (exact) mass is 226 g/mol. The van der Waals surface area contributed by atoms with Crippen molar-refractivity contribution in [2.45, 2.75) is 25.4 Å². The maximum atomic E-state index is 6.18. The van der Waals surface area contributed by atoms with Crippen LogP contribution in [0.4, 0.5) is 0 Å². The van der Waals surface area contributed by atoms with Gasteiger partial charge in [-0.25, -0.2) is 0 Å². The van der Waals surface area contributed by atoms with E-state index in [2.05, 4.69) is 36.4 Å². The van der Waals surface area contributed by atoms with Crippen molar-refractivity contribution in [1.82, 2.24) is 0 Å². The van der Waals surface area contributed by atoms with Crippen LogP contribution in [0.25, 0.3) is 0 Å². The van der Waals surface area contributed by atoms with Crippen LogP contribution in [0.1, 0.15) is 19.3 Å². The second-order valence-electron chi connectivity index (χ2n) is 5.77. The average molecular weight is 226 g/mol. The van der Waals surface area contributed by atoms with Crippen LogP contribution in [-0.4, -0.2) is 6.10 Å². The minimum absolute atomic E-state index is 0.464. The largest absolute Gasteiger partial charge is 0.490 e. The molecule has 0 spiro atoms. The summed E-state index contributed by atoms with van der Waals surface area (Å²) < 4.78 is 6.18. The minimum atomic E-state index is 0.464. The highest BCUT2D eigenvalue weighted by molar-refractivity contribution is 5.23. The number of para-hydroxylation sites is 1. The van der Waals surface area contributed by atoms with Gasteiger partial charge < -0.3 is 4.74 Å². The highest BCUT2D eigenvalue weighted by Crippen LogP contribution is 2.57. The van der Waals surface area contributed by atoms with Crippen LogP contribution in [0.2, 0.25) is 0 Å². The first-order valence-corrected chi connectivity index (χ1v) is 6.80. The van der Waals surface area contributed by atoms with Crippen molar-refractivity contribution in [2.24, 2.45) is 23.7 Å². The molecule has 1 heteroatoms. The number of hydrogen-bond acceptors (Lipinski definition) is 1. The van der Waals surface area contributed by atoms with E-state index in [1.165, 1.54) is 19.3 Å². The van der Waals surface area contributed by atoms with E-state index in [4.69, 9.17) is 4.74 Å². The van der Waals surface area contributed by atoms with E-state index in [1.54, 1.807) is 0 Å². The number of hydrogen-bond donors (Lipinski definition) is 0. The van der Waals surface area contributed by atoms with Gasteiger partial charge in [-0.1, -0.05) is 30.4 Å². The fourth-order valence-corrected chi connectivity index (χ4v) is 4.29. The van der Waals surface area contributed by atoms with E-state index in [-0.39, 0.29) is 0 Å². The lowest BCUT2D eigenvalue weighted by molar-refractivity contribution is 0.0955. The van der Waals surface area contributed by atoms with Crippen LogP contribution in [-0.2, 0) is 0 Å². The van der Waals surface area contributed by atoms with E-state index in [0.29, 0.717) is 6.10 Å². The number of allylic oxidation sites excluding steroid dienone is 2. The van der Waals surface area contributed by atoms with Crippen molar-refractivity contribution in [3.63, 3.8) is 0 Å². The van der Waals surface area contributed by atoms with Gasteiger partial charge >= 0.3 is 0 Å². The van der Waals surface area contributed by atoms with Gasteiger partial charge in [0.25, 0.3) is 0 Å². The predicted octanol–water partition coefficient (Wildman–Crippen LogP) is 3.67. The Morgan fingerprint density at radius 3 is 2.76 bits per heavy atom. The normalized spacial score (nSPS) is 41.8. The van der Waals surface area contributed by atoms with Gasteiger partial charge in [-0.3, -0.25) is 0 Å². The summed E-state index contributed by atoms with van der Waals surface area (Å²) >= 11 is 0. The Hall–Kier alpha value is -1.24. The molecule has 0 aromatic heterocycles. The molecule has 0 saturated heterocycles. The van der Waals surface area contributed by atoms with Gasteiger partial charge in [-0.15, -0.1) is 0 Å². The summed E-state index contributed by atoms with van der Waals surface area (Å²) in [5, 5.41) is 0. The van der Waals surface area contributed by atoms with Gasteiger partial charge in [0.2, 0.25) is 0 Å². The molecule has 0 unspecified atom stereocenters. The fourth-order valence-electron chi connectivity index (χ4n) is 4.29. The molecule has 3 aliphatic carbocycles. The zero-order valence-electron chi connectivity index (χ0n) is 9.96. The summed E-state index contributed by atoms with van der Waals surface area (Å²) in [6, 6.07) is 10.3. The molecule has 88 valence electrons. The van der Waals surface area contributed by atoms with Crippen molar-refractivity contribution >= 4 is 0 Å². The Kier molecular flexibility index (Phi) is 2.08. The lowest BCUT2D eigenvalue weighted by Crippen LogP contribution is -2.32. The first kappa shape index (κ1) is 9.76. The maximum Gasteiger partial charge on any atom is 0.119 e. The first-order chi connectivity index (χ1) is 8.42. The second kappa shape index (κ2) is 3.63. The third-order valence-corrected chi connectivity index (χ3v) is 4.98. The molecular formula is C16H18O. The number of fused-ring (bicyclic) bond motifs is 5. The quantitative estimate of drug-likeness (QED) is 0.699. The summed E-state index contributed by atoms with van der Waals surface area (Å²) in [5.74, 6) is 4.53. The summed E-state index contributed by atoms with van der Waals surface area (Å²) in [7, 11) is 0. The molecule has 0 N–H and O–H groups in total. The Labute approximate surface area is 102 Å². The van der Waals surface area contributed by atoms with E-state index in [9.17, 15) is 0 Å². The zero-order valence-corrected chi connectivity index (χ0v) is 9.96. The molecular weight excluding hydrogens is 208 g/mol. The molecule has 1 aromatic carbocycles. The number of rotatable bonds is 2. The van der Waals surface area contributed by atoms with Crippen LogP contribution in [0.3, 0.4) is 0 Å². The summed E-state index contributed by atoms with van der Waals surface area (Å²) in [6.07, 6.45) is 9.31. The van der Waals surface area contributed by atoms with Crippen LogP contribution >= 0.6 is 0 Å². The standard InChI is InChI=1S/C16H18O/c1-2-5-12(6-3-1)17-16-10-11-9-15(16)14-8-4-7-13(11)14/h1-6,8,11,13-16H,7,9-10H2/t11-,13+,14-,15+,16+/m1/s1. The number of benzene rings is 1. The molecule has 1 nitrogen and oxygen atoms in total. The first-order valence-electron chi connectivity index (χ1n) is 6.80. The van der Waals surface area contributed by atoms with Gasteiger partial charge in [0.1, 0.15) is 11.9 Å². The molecule has 5 atom stereocenters. The highest BCUT2D eigenvalue weighted by atomic mass is 16.5. The van der Waals surface area contributed by atoms with Crippen LogP contribution in [0, 0.1) is 23.7 Å². The number of ether oxygens (including phenoxy) is 1. The molecule has 2 fully saturated rings. The fraction of sp³-hybridized carbons (Fsp3) is 0.500. The van der Waals surface area contributed by atoms with E-state index in [1.807, 2.05) is 6.07 Å². The van der Waals surface area contributed by atoms with E-state index >= 15 is 0 Å². The van der Waals surface area contributed by atoms with E-state index in [0.717, 1.165) is 29.4 Å². The summed E-state index contributed by atoms with van der Waals surface area (Å²) in [5.41, 5.74) is 0. The van der Waals surface area contributed by atoms with Gasteiger partial charge in [-0.05, 0) is 49.1 Å². The van der Waals surface area contributed by atoms with Gasteiger partial charge in [0.05, 0.1) is 0 Å². The molecule has 3 aliphatic rings. The van der Waals surface area contributed by atoms with Crippen molar-refractivity contribution in [3.05, 3.63) is 42.5 Å². The molecule has 2 bridgehead atoms. The molecule has 0 heterocycles. The molecule has 0 radical (unpaired) electrons. The smallest absolute Gasteiger partial charge is 0.119 e. The second-order valence-corrected chi connectivity index (χ2v) is 5.77. The topological polar surface area (TPSA) is 9.23 Å². The highest BCUT2D eigenvalue weighted by Gasteiger charge is 2.53. The maximum absolute atomic E-state index is 6.18. The molecule has 1 aromatic rings. The third kappa shape index (κ3) is 1.45. The predicted molar refractivity (Wildman–Crippen MR) is 67.8 cm³/mol. The average Bonchev–Trinajstić information content (AvgIpc) is 3.01. The Bertz CT molecular complexity index is 436. The van der Waals surface area contributed by atoms with Crippen LogP contribution in [0.15, 0.2) is 42.5 Å². The van der Waals surface area contributed by atoms with E-state index < -0.39 is 0 Å². The molecule has 17 heavy (non-hydrogen) atoms. The van der Waals surface area contributed by atoms with Gasteiger partial charge in [0, 0.05) is 5.92 Å². The molecule has 0 aliphatic heterocycles. The van der Waals surface area contributed by atoms with Crippen LogP contribution < -0.4 is 4.74 Å². The Morgan fingerprint density at radius 2 is 1.88 bits per heavy atom.